The van der Waals surface area contributed by atoms with Gasteiger partial charge in [0.2, 0.25) is 0 Å². The highest BCUT2D eigenvalue weighted by molar-refractivity contribution is 5.15. The van der Waals surface area contributed by atoms with E-state index in [4.69, 9.17) is 8.83 Å². The summed E-state index contributed by atoms with van der Waals surface area (Å²) in [6.07, 6.45) is 5.32. The van der Waals surface area contributed by atoms with Gasteiger partial charge in [0.15, 0.2) is 0 Å². The van der Waals surface area contributed by atoms with Crippen molar-refractivity contribution in [3.05, 3.63) is 47.8 Å². The van der Waals surface area contributed by atoms with Crippen LogP contribution in [0.4, 0.5) is 0 Å². The maximum absolute atomic E-state index is 5.80. The van der Waals surface area contributed by atoms with Gasteiger partial charge in [0.05, 0.1) is 18.6 Å². The largest absolute Gasteiger partial charge is 0.472 e. The molecule has 2 rings (SSSR count). The van der Waals surface area contributed by atoms with Gasteiger partial charge >= 0.3 is 0 Å². The van der Waals surface area contributed by atoms with Gasteiger partial charge in [0.1, 0.15) is 11.5 Å². The van der Waals surface area contributed by atoms with Crippen LogP contribution >= 0.6 is 0 Å². The Hall–Kier alpha value is -1.48. The summed E-state index contributed by atoms with van der Waals surface area (Å²) >= 11 is 0. The van der Waals surface area contributed by atoms with Gasteiger partial charge in [-0.05, 0) is 36.7 Å². The Bertz CT molecular complexity index is 431. The van der Waals surface area contributed by atoms with Crippen LogP contribution in [0.1, 0.15) is 37.0 Å². The minimum Gasteiger partial charge on any atom is -0.472 e. The Morgan fingerprint density at radius 3 is 2.71 bits per heavy atom. The molecule has 0 fully saturated rings. The number of likely N-dealkylation sites (N-methyl/N-ethyl adjacent to an activating group) is 1. The lowest BCUT2D eigenvalue weighted by molar-refractivity contribution is 0.396. The molecule has 1 N–H and O–H groups in total. The summed E-state index contributed by atoms with van der Waals surface area (Å²) in [5, 5.41) is 3.44. The van der Waals surface area contributed by atoms with E-state index in [2.05, 4.69) is 31.3 Å². The summed E-state index contributed by atoms with van der Waals surface area (Å²) in [5.41, 5.74) is 1.19. The third-order valence-electron chi connectivity index (χ3n) is 2.84. The van der Waals surface area contributed by atoms with Crippen molar-refractivity contribution in [1.82, 2.24) is 5.32 Å². The molecular formula is C14H19NO2. The summed E-state index contributed by atoms with van der Waals surface area (Å²) in [4.78, 5) is 0. The van der Waals surface area contributed by atoms with E-state index in [0.717, 1.165) is 30.9 Å². The van der Waals surface area contributed by atoms with E-state index >= 15 is 0 Å². The highest BCUT2D eigenvalue weighted by atomic mass is 16.3. The summed E-state index contributed by atoms with van der Waals surface area (Å²) in [5.74, 6) is 2.04. The van der Waals surface area contributed by atoms with E-state index in [-0.39, 0.29) is 6.04 Å². The minimum absolute atomic E-state index is 0.220. The van der Waals surface area contributed by atoms with Gasteiger partial charge in [-0.3, -0.25) is 0 Å². The number of rotatable bonds is 6. The molecular weight excluding hydrogens is 214 g/mol. The second-order valence-electron chi connectivity index (χ2n) is 4.10. The second kappa shape index (κ2) is 5.73. The van der Waals surface area contributed by atoms with E-state index in [9.17, 15) is 0 Å². The van der Waals surface area contributed by atoms with Crippen LogP contribution in [0.5, 0.6) is 0 Å². The fraction of sp³-hybridized carbons (Fsp3) is 0.429. The van der Waals surface area contributed by atoms with Crippen LogP contribution in [0.25, 0.3) is 0 Å². The third kappa shape index (κ3) is 3.01. The SMILES string of the molecule is CCNC(Cc1ccoc1)c1ccc(CC)o1. The molecule has 0 aromatic carbocycles. The molecule has 92 valence electrons. The highest BCUT2D eigenvalue weighted by Gasteiger charge is 2.15. The number of aryl methyl sites for hydroxylation is 1. The monoisotopic (exact) mass is 233 g/mol. The van der Waals surface area contributed by atoms with Gasteiger partial charge in [0, 0.05) is 6.42 Å². The first kappa shape index (κ1) is 12.0. The molecule has 0 bridgehead atoms. The maximum Gasteiger partial charge on any atom is 0.121 e. The molecule has 0 saturated carbocycles. The Morgan fingerprint density at radius 2 is 2.12 bits per heavy atom. The van der Waals surface area contributed by atoms with Crippen molar-refractivity contribution in [2.45, 2.75) is 32.7 Å². The molecule has 17 heavy (non-hydrogen) atoms. The first-order chi connectivity index (χ1) is 8.33. The Balaban J connectivity index is 2.10. The van der Waals surface area contributed by atoms with Crippen molar-refractivity contribution >= 4 is 0 Å². The van der Waals surface area contributed by atoms with Crippen molar-refractivity contribution < 1.29 is 8.83 Å². The van der Waals surface area contributed by atoms with Crippen molar-refractivity contribution in [3.8, 4) is 0 Å². The van der Waals surface area contributed by atoms with Crippen LogP contribution in [-0.4, -0.2) is 6.54 Å². The predicted molar refractivity (Wildman–Crippen MR) is 66.9 cm³/mol. The quantitative estimate of drug-likeness (QED) is 0.831. The van der Waals surface area contributed by atoms with Crippen LogP contribution in [0.15, 0.2) is 39.6 Å². The number of hydrogen-bond acceptors (Lipinski definition) is 3. The van der Waals surface area contributed by atoms with Gasteiger partial charge in [-0.25, -0.2) is 0 Å². The molecule has 0 radical (unpaired) electrons. The third-order valence-corrected chi connectivity index (χ3v) is 2.84. The minimum atomic E-state index is 0.220. The van der Waals surface area contributed by atoms with Gasteiger partial charge < -0.3 is 14.2 Å². The van der Waals surface area contributed by atoms with E-state index in [0.29, 0.717) is 0 Å². The van der Waals surface area contributed by atoms with E-state index in [1.54, 1.807) is 12.5 Å². The Kier molecular flexibility index (Phi) is 4.04. The molecule has 0 aliphatic heterocycles. The molecule has 1 atom stereocenters. The molecule has 3 heteroatoms. The number of hydrogen-bond donors (Lipinski definition) is 1. The molecule has 0 amide bonds. The van der Waals surface area contributed by atoms with Gasteiger partial charge in [-0.2, -0.15) is 0 Å². The van der Waals surface area contributed by atoms with Crippen LogP contribution in [0, 0.1) is 0 Å². The zero-order valence-corrected chi connectivity index (χ0v) is 10.4. The highest BCUT2D eigenvalue weighted by Crippen LogP contribution is 2.21. The lowest BCUT2D eigenvalue weighted by atomic mass is 10.1. The molecule has 0 aliphatic carbocycles. The molecule has 2 aromatic heterocycles. The summed E-state index contributed by atoms with van der Waals surface area (Å²) < 4.78 is 10.9. The van der Waals surface area contributed by atoms with Crippen LogP contribution in [0.2, 0.25) is 0 Å². The zero-order chi connectivity index (χ0) is 12.1. The molecule has 0 saturated heterocycles. The summed E-state index contributed by atoms with van der Waals surface area (Å²) in [7, 11) is 0. The molecule has 0 aliphatic rings. The maximum atomic E-state index is 5.80. The Labute approximate surface area is 102 Å². The fourth-order valence-electron chi connectivity index (χ4n) is 1.94. The summed E-state index contributed by atoms with van der Waals surface area (Å²) in [6, 6.07) is 6.33. The molecule has 0 spiro atoms. The zero-order valence-electron chi connectivity index (χ0n) is 10.4. The lowest BCUT2D eigenvalue weighted by Crippen LogP contribution is -2.22. The summed E-state index contributed by atoms with van der Waals surface area (Å²) in [6.45, 7) is 5.12. The lowest BCUT2D eigenvalue weighted by Gasteiger charge is -2.14. The van der Waals surface area contributed by atoms with Crippen molar-refractivity contribution in [3.63, 3.8) is 0 Å². The van der Waals surface area contributed by atoms with Crippen LogP contribution in [0.3, 0.4) is 0 Å². The molecule has 3 nitrogen and oxygen atoms in total. The van der Waals surface area contributed by atoms with Crippen molar-refractivity contribution in [2.75, 3.05) is 6.54 Å². The smallest absolute Gasteiger partial charge is 0.121 e. The van der Waals surface area contributed by atoms with E-state index in [1.807, 2.05) is 6.07 Å². The first-order valence-corrected chi connectivity index (χ1v) is 6.16. The van der Waals surface area contributed by atoms with E-state index in [1.165, 1.54) is 5.56 Å². The predicted octanol–water partition coefficient (Wildman–Crippen LogP) is 3.33. The molecule has 2 heterocycles. The standard InChI is InChI=1S/C14H19NO2/c1-3-12-5-6-14(17-12)13(15-4-2)9-11-7-8-16-10-11/h5-8,10,13,15H,3-4,9H2,1-2H3. The van der Waals surface area contributed by atoms with Gasteiger partial charge in [-0.1, -0.05) is 13.8 Å². The molecule has 2 aromatic rings. The van der Waals surface area contributed by atoms with Crippen LogP contribution in [-0.2, 0) is 12.8 Å². The Morgan fingerprint density at radius 1 is 1.24 bits per heavy atom. The first-order valence-electron chi connectivity index (χ1n) is 6.16. The van der Waals surface area contributed by atoms with Crippen LogP contribution < -0.4 is 5.32 Å². The van der Waals surface area contributed by atoms with Crippen molar-refractivity contribution in [2.24, 2.45) is 0 Å². The average molecular weight is 233 g/mol. The topological polar surface area (TPSA) is 38.3 Å². The normalized spacial score (nSPS) is 12.8. The van der Waals surface area contributed by atoms with E-state index < -0.39 is 0 Å². The molecule has 1 unspecified atom stereocenters. The van der Waals surface area contributed by atoms with Gasteiger partial charge in [-0.15, -0.1) is 0 Å². The fourth-order valence-corrected chi connectivity index (χ4v) is 1.94. The van der Waals surface area contributed by atoms with Crippen molar-refractivity contribution in [1.29, 1.82) is 0 Å². The van der Waals surface area contributed by atoms with Gasteiger partial charge in [0.25, 0.3) is 0 Å². The number of furan rings is 2. The second-order valence-corrected chi connectivity index (χ2v) is 4.10. The number of nitrogens with one attached hydrogen (secondary N) is 1. The average Bonchev–Trinajstić information content (AvgIpc) is 2.99.